The fourth-order valence-electron chi connectivity index (χ4n) is 4.71. The molecule has 0 aromatic heterocycles. The zero-order valence-electron chi connectivity index (χ0n) is 22.6. The number of rotatable bonds is 11. The number of fused-ring (bicyclic) bond motifs is 2. The van der Waals surface area contributed by atoms with Gasteiger partial charge in [-0.1, -0.05) is 0 Å². The second-order valence-electron chi connectivity index (χ2n) is 9.27. The molecule has 0 aliphatic carbocycles. The lowest BCUT2D eigenvalue weighted by atomic mass is 10.1. The van der Waals surface area contributed by atoms with Gasteiger partial charge in [0.15, 0.2) is 23.0 Å². The summed E-state index contributed by atoms with van der Waals surface area (Å²) in [5.74, 6) is 4.26. The third-order valence-electron chi connectivity index (χ3n) is 6.76. The van der Waals surface area contributed by atoms with Gasteiger partial charge in [0.2, 0.25) is 0 Å². The fraction of sp³-hybridized carbons (Fsp3) is 0.333. The predicted molar refractivity (Wildman–Crippen MR) is 160 cm³/mol. The quantitative estimate of drug-likeness (QED) is 0.177. The van der Waals surface area contributed by atoms with Crippen LogP contribution in [-0.4, -0.2) is 64.2 Å². The normalized spacial score (nSPS) is 15.7. The van der Waals surface area contributed by atoms with Crippen molar-refractivity contribution >= 4 is 40.4 Å². The van der Waals surface area contributed by atoms with Crippen molar-refractivity contribution in [2.24, 2.45) is 4.99 Å². The Hall–Kier alpha value is -3.67. The fourth-order valence-corrected chi connectivity index (χ4v) is 5.16. The Morgan fingerprint density at radius 1 is 0.850 bits per heavy atom. The maximum absolute atomic E-state index is 13.0. The first kappa shape index (κ1) is 27.9. The van der Waals surface area contributed by atoms with Crippen molar-refractivity contribution in [2.45, 2.75) is 25.3 Å². The van der Waals surface area contributed by atoms with E-state index in [0.717, 1.165) is 23.0 Å². The van der Waals surface area contributed by atoms with Gasteiger partial charge in [-0.15, -0.1) is 0 Å². The van der Waals surface area contributed by atoms with Gasteiger partial charge in [-0.3, -0.25) is 9.79 Å². The molecule has 1 atom stereocenters. The van der Waals surface area contributed by atoms with Gasteiger partial charge < -0.3 is 33.3 Å². The van der Waals surface area contributed by atoms with Crippen molar-refractivity contribution in [3.63, 3.8) is 0 Å². The van der Waals surface area contributed by atoms with E-state index >= 15 is 0 Å². The highest BCUT2D eigenvalue weighted by Gasteiger charge is 2.32. The number of halogens is 1. The van der Waals surface area contributed by atoms with Gasteiger partial charge in [0, 0.05) is 37.4 Å². The molecule has 1 saturated heterocycles. The van der Waals surface area contributed by atoms with Crippen molar-refractivity contribution in [3.05, 3.63) is 57.7 Å². The first-order valence-corrected chi connectivity index (χ1v) is 14.1. The van der Waals surface area contributed by atoms with E-state index in [-0.39, 0.29) is 11.9 Å². The van der Waals surface area contributed by atoms with Crippen LogP contribution < -0.4 is 28.4 Å². The molecule has 10 heteroatoms. The van der Waals surface area contributed by atoms with Crippen LogP contribution in [0.15, 0.2) is 53.5 Å². The second kappa shape index (κ2) is 12.7. The van der Waals surface area contributed by atoms with Crippen molar-refractivity contribution in [2.75, 3.05) is 41.1 Å². The maximum atomic E-state index is 13.0. The molecule has 0 saturated carbocycles. The van der Waals surface area contributed by atoms with E-state index < -0.39 is 0 Å². The first-order chi connectivity index (χ1) is 19.5. The van der Waals surface area contributed by atoms with Crippen LogP contribution in [0.2, 0.25) is 0 Å². The molecule has 0 radical (unpaired) electrons. The van der Waals surface area contributed by atoms with Crippen molar-refractivity contribution in [1.82, 2.24) is 4.90 Å². The zero-order valence-corrected chi connectivity index (χ0v) is 24.8. The molecule has 0 spiro atoms. The summed E-state index contributed by atoms with van der Waals surface area (Å²) in [4.78, 5) is 19.5. The van der Waals surface area contributed by atoms with Gasteiger partial charge in [-0.05, 0) is 65.8 Å². The molecule has 0 unspecified atom stereocenters. The molecular weight excluding hydrogens is 627 g/mol. The highest BCUT2D eigenvalue weighted by molar-refractivity contribution is 14.1. The molecule has 40 heavy (non-hydrogen) atoms. The number of hydrogen-bond acceptors (Lipinski definition) is 8. The molecule has 2 aliphatic rings. The molecule has 0 N–H and O–H groups in total. The molecule has 1 amide bonds. The van der Waals surface area contributed by atoms with Crippen LogP contribution in [0.1, 0.15) is 29.6 Å². The van der Waals surface area contributed by atoms with E-state index in [4.69, 9.17) is 28.4 Å². The molecule has 2 heterocycles. The third-order valence-corrected chi connectivity index (χ3v) is 7.65. The molecule has 3 aromatic rings. The van der Waals surface area contributed by atoms with Crippen LogP contribution in [0.5, 0.6) is 40.2 Å². The standard InChI is InChI=1S/C30H31IN2O7/c1-35-25-10-8-21(15-27(25)36-2)40-26-14-20(7-9-23(26)31)38-12-5-13-39-29-17-24-22(16-28(29)37-3)30(34)33-11-4-6-19(33)18-32-24/h7-10,14-19H,4-6,11-13H2,1-3H3/t19-/m0/s1. The molecule has 2 aliphatic heterocycles. The van der Waals surface area contributed by atoms with Gasteiger partial charge in [-0.2, -0.15) is 0 Å². The van der Waals surface area contributed by atoms with Crippen LogP contribution in [0.3, 0.4) is 0 Å². The summed E-state index contributed by atoms with van der Waals surface area (Å²) < 4.78 is 35.2. The zero-order chi connectivity index (χ0) is 28.1. The van der Waals surface area contributed by atoms with E-state index in [1.165, 1.54) is 0 Å². The summed E-state index contributed by atoms with van der Waals surface area (Å²) in [5.41, 5.74) is 1.14. The highest BCUT2D eigenvalue weighted by atomic mass is 127. The van der Waals surface area contributed by atoms with Crippen LogP contribution in [0.25, 0.3) is 0 Å². The molecule has 0 bridgehead atoms. The van der Waals surface area contributed by atoms with Crippen molar-refractivity contribution < 1.29 is 33.2 Å². The lowest BCUT2D eigenvalue weighted by molar-refractivity contribution is 0.0774. The van der Waals surface area contributed by atoms with Gasteiger partial charge >= 0.3 is 0 Å². The topological polar surface area (TPSA) is 88.1 Å². The van der Waals surface area contributed by atoms with E-state index in [9.17, 15) is 4.79 Å². The largest absolute Gasteiger partial charge is 0.493 e. The lowest BCUT2D eigenvalue weighted by Gasteiger charge is -2.20. The minimum absolute atomic E-state index is 0.0137. The minimum atomic E-state index is -0.0137. The average molecular weight is 658 g/mol. The number of carbonyl (C=O) groups excluding carboxylic acids is 1. The average Bonchev–Trinajstić information content (AvgIpc) is 3.41. The first-order valence-electron chi connectivity index (χ1n) is 13.0. The Balaban J connectivity index is 1.18. The van der Waals surface area contributed by atoms with Crippen molar-refractivity contribution in [3.8, 4) is 40.2 Å². The summed E-state index contributed by atoms with van der Waals surface area (Å²) in [6.45, 7) is 1.60. The van der Waals surface area contributed by atoms with Gasteiger partial charge in [0.1, 0.15) is 17.2 Å². The summed E-state index contributed by atoms with van der Waals surface area (Å²) in [6, 6.07) is 14.7. The number of amides is 1. The molecule has 3 aromatic carbocycles. The van der Waals surface area contributed by atoms with Gasteiger partial charge in [-0.25, -0.2) is 0 Å². The van der Waals surface area contributed by atoms with E-state index in [0.29, 0.717) is 71.1 Å². The number of hydrogen-bond donors (Lipinski definition) is 0. The number of ether oxygens (including phenoxy) is 6. The van der Waals surface area contributed by atoms with E-state index in [1.54, 1.807) is 45.6 Å². The third kappa shape index (κ3) is 6.06. The Labute approximate surface area is 247 Å². The number of methoxy groups -OCH3 is 3. The maximum Gasteiger partial charge on any atom is 0.256 e. The number of benzene rings is 3. The number of nitrogens with zero attached hydrogens (tertiary/aromatic N) is 2. The summed E-state index contributed by atoms with van der Waals surface area (Å²) >= 11 is 2.22. The number of carbonyl (C=O) groups is 1. The van der Waals surface area contributed by atoms with Crippen LogP contribution in [0.4, 0.5) is 5.69 Å². The van der Waals surface area contributed by atoms with Gasteiger partial charge in [0.25, 0.3) is 5.91 Å². The molecule has 9 nitrogen and oxygen atoms in total. The molecule has 1 fully saturated rings. The van der Waals surface area contributed by atoms with Crippen LogP contribution in [-0.2, 0) is 0 Å². The highest BCUT2D eigenvalue weighted by Crippen LogP contribution is 2.38. The second-order valence-corrected chi connectivity index (χ2v) is 10.4. The predicted octanol–water partition coefficient (Wildman–Crippen LogP) is 6.28. The Morgan fingerprint density at radius 2 is 1.57 bits per heavy atom. The summed E-state index contributed by atoms with van der Waals surface area (Å²) in [5, 5.41) is 0. The lowest BCUT2D eigenvalue weighted by Crippen LogP contribution is -2.35. The van der Waals surface area contributed by atoms with Crippen LogP contribution >= 0.6 is 22.6 Å². The Kier molecular flexibility index (Phi) is 8.83. The smallest absolute Gasteiger partial charge is 0.256 e. The van der Waals surface area contributed by atoms with E-state index in [1.807, 2.05) is 35.4 Å². The monoisotopic (exact) mass is 658 g/mol. The summed E-state index contributed by atoms with van der Waals surface area (Å²) in [6.07, 6.45) is 4.43. The van der Waals surface area contributed by atoms with Crippen LogP contribution in [0, 0.1) is 3.57 Å². The number of aliphatic imine (C=N–C) groups is 1. The van der Waals surface area contributed by atoms with Crippen molar-refractivity contribution in [1.29, 1.82) is 0 Å². The SMILES string of the molecule is COc1ccc(Oc2cc(OCCCOc3cc4c(cc3OC)C(=O)N3CCC[C@H]3C=N4)ccc2I)cc1OC. The van der Waals surface area contributed by atoms with Gasteiger partial charge in [0.05, 0.1) is 55.4 Å². The Morgan fingerprint density at radius 3 is 2.38 bits per heavy atom. The molecule has 210 valence electrons. The summed E-state index contributed by atoms with van der Waals surface area (Å²) in [7, 11) is 4.75. The molecule has 5 rings (SSSR count). The Bertz CT molecular complexity index is 1410. The molecular formula is C30H31IN2O7. The van der Waals surface area contributed by atoms with E-state index in [2.05, 4.69) is 27.6 Å². The minimum Gasteiger partial charge on any atom is -0.493 e.